The Labute approximate surface area is 144 Å². The van der Waals surface area contributed by atoms with Gasteiger partial charge in [-0.1, -0.05) is 6.07 Å². The van der Waals surface area contributed by atoms with E-state index in [2.05, 4.69) is 17.5 Å². The van der Waals surface area contributed by atoms with Crippen molar-refractivity contribution in [2.45, 2.75) is 38.1 Å². The Morgan fingerprint density at radius 1 is 1.46 bits per heavy atom. The van der Waals surface area contributed by atoms with Crippen LogP contribution in [0.1, 0.15) is 41.1 Å². The van der Waals surface area contributed by atoms with Gasteiger partial charge in [0.05, 0.1) is 7.11 Å². The second-order valence-electron chi connectivity index (χ2n) is 5.94. The first-order valence-electron chi connectivity index (χ1n) is 8.19. The normalized spacial score (nSPS) is 17.7. The van der Waals surface area contributed by atoms with Gasteiger partial charge in [0, 0.05) is 23.5 Å². The minimum Gasteiger partial charge on any atom is -0.490 e. The standard InChI is InChI=1S/C18H21NO4S/c1-22-17-12-23-16(11-15(17)20)18(21)19-9-3-2-5-13(19)7-8-14-6-4-10-24-14/h4,6,10-13H,2-3,5,7-9H2,1H3. The number of piperidine rings is 1. The Balaban J connectivity index is 1.73. The fourth-order valence-electron chi connectivity index (χ4n) is 3.13. The molecule has 3 rings (SSSR count). The number of ether oxygens (including phenoxy) is 1. The summed E-state index contributed by atoms with van der Waals surface area (Å²) in [6.07, 6.45) is 6.23. The molecule has 0 aromatic carbocycles. The summed E-state index contributed by atoms with van der Waals surface area (Å²) in [4.78, 5) is 27.8. The number of methoxy groups -OCH3 is 1. The van der Waals surface area contributed by atoms with Gasteiger partial charge in [-0.15, -0.1) is 11.3 Å². The molecule has 3 heterocycles. The van der Waals surface area contributed by atoms with Gasteiger partial charge in [0.2, 0.25) is 11.2 Å². The highest BCUT2D eigenvalue weighted by Gasteiger charge is 2.29. The highest BCUT2D eigenvalue weighted by Crippen LogP contribution is 2.24. The van der Waals surface area contributed by atoms with Crippen molar-refractivity contribution in [1.82, 2.24) is 4.90 Å². The molecule has 0 N–H and O–H groups in total. The zero-order chi connectivity index (χ0) is 16.9. The zero-order valence-corrected chi connectivity index (χ0v) is 14.5. The number of hydrogen-bond donors (Lipinski definition) is 0. The van der Waals surface area contributed by atoms with Gasteiger partial charge < -0.3 is 14.1 Å². The minimum absolute atomic E-state index is 0.0869. The van der Waals surface area contributed by atoms with E-state index in [4.69, 9.17) is 9.15 Å². The van der Waals surface area contributed by atoms with E-state index in [1.807, 2.05) is 4.90 Å². The number of amides is 1. The summed E-state index contributed by atoms with van der Waals surface area (Å²) in [5, 5.41) is 2.07. The molecule has 1 saturated heterocycles. The van der Waals surface area contributed by atoms with Crippen LogP contribution in [0.2, 0.25) is 0 Å². The Kier molecular flexibility index (Phi) is 5.35. The van der Waals surface area contributed by atoms with Crippen molar-refractivity contribution in [3.63, 3.8) is 0 Å². The van der Waals surface area contributed by atoms with Crippen LogP contribution in [0.4, 0.5) is 0 Å². The second-order valence-corrected chi connectivity index (χ2v) is 6.98. The van der Waals surface area contributed by atoms with Gasteiger partial charge in [-0.25, -0.2) is 0 Å². The second kappa shape index (κ2) is 7.66. The van der Waals surface area contributed by atoms with E-state index < -0.39 is 0 Å². The number of rotatable bonds is 5. The summed E-state index contributed by atoms with van der Waals surface area (Å²) in [6, 6.07) is 5.60. The lowest BCUT2D eigenvalue weighted by Gasteiger charge is -2.35. The molecule has 2 aromatic rings. The van der Waals surface area contributed by atoms with E-state index in [0.29, 0.717) is 6.54 Å². The molecule has 1 unspecified atom stereocenters. The molecule has 6 heteroatoms. The third-order valence-electron chi connectivity index (χ3n) is 4.42. The topological polar surface area (TPSA) is 59.8 Å². The van der Waals surface area contributed by atoms with Gasteiger partial charge in [0.25, 0.3) is 5.91 Å². The third-order valence-corrected chi connectivity index (χ3v) is 5.36. The van der Waals surface area contributed by atoms with Gasteiger partial charge in [-0.2, -0.15) is 0 Å². The maximum atomic E-state index is 12.8. The summed E-state index contributed by atoms with van der Waals surface area (Å²) in [6.45, 7) is 0.712. The first-order valence-corrected chi connectivity index (χ1v) is 9.07. The van der Waals surface area contributed by atoms with Crippen LogP contribution in [-0.2, 0) is 6.42 Å². The van der Waals surface area contributed by atoms with Crippen molar-refractivity contribution in [3.05, 3.63) is 50.7 Å². The van der Waals surface area contributed by atoms with Crippen molar-refractivity contribution >= 4 is 17.2 Å². The van der Waals surface area contributed by atoms with Crippen LogP contribution in [0.5, 0.6) is 5.75 Å². The van der Waals surface area contributed by atoms with Gasteiger partial charge in [-0.3, -0.25) is 9.59 Å². The van der Waals surface area contributed by atoms with Crippen LogP contribution in [-0.4, -0.2) is 30.5 Å². The molecule has 0 bridgehead atoms. The monoisotopic (exact) mass is 347 g/mol. The van der Waals surface area contributed by atoms with Gasteiger partial charge >= 0.3 is 0 Å². The lowest BCUT2D eigenvalue weighted by atomic mass is 9.97. The van der Waals surface area contributed by atoms with E-state index in [9.17, 15) is 9.59 Å². The van der Waals surface area contributed by atoms with Crippen molar-refractivity contribution < 1.29 is 13.9 Å². The Bertz CT molecular complexity index is 738. The largest absolute Gasteiger partial charge is 0.490 e. The molecule has 0 aliphatic carbocycles. The molecule has 0 saturated carbocycles. The Morgan fingerprint density at radius 2 is 2.33 bits per heavy atom. The quantitative estimate of drug-likeness (QED) is 0.832. The molecule has 1 amide bonds. The predicted octanol–water partition coefficient (Wildman–Crippen LogP) is 3.34. The minimum atomic E-state index is -0.334. The summed E-state index contributed by atoms with van der Waals surface area (Å²) in [5.74, 6) is -0.00565. The predicted molar refractivity (Wildman–Crippen MR) is 92.8 cm³/mol. The number of likely N-dealkylation sites (tertiary alicyclic amines) is 1. The summed E-state index contributed by atoms with van der Waals surface area (Å²) < 4.78 is 10.2. The average molecular weight is 347 g/mol. The molecule has 5 nitrogen and oxygen atoms in total. The Morgan fingerprint density at radius 3 is 3.04 bits per heavy atom. The Hall–Kier alpha value is -2.08. The molecular weight excluding hydrogens is 326 g/mol. The average Bonchev–Trinajstić information content (AvgIpc) is 3.13. The number of nitrogens with zero attached hydrogens (tertiary/aromatic N) is 1. The molecule has 24 heavy (non-hydrogen) atoms. The van der Waals surface area contributed by atoms with Crippen molar-refractivity contribution in [2.24, 2.45) is 0 Å². The molecular formula is C18H21NO4S. The highest BCUT2D eigenvalue weighted by atomic mass is 32.1. The summed E-state index contributed by atoms with van der Waals surface area (Å²) in [7, 11) is 1.40. The zero-order valence-electron chi connectivity index (χ0n) is 13.7. The third kappa shape index (κ3) is 3.70. The van der Waals surface area contributed by atoms with Crippen LogP contribution in [0.25, 0.3) is 0 Å². The van der Waals surface area contributed by atoms with E-state index >= 15 is 0 Å². The lowest BCUT2D eigenvalue weighted by Crippen LogP contribution is -2.44. The molecule has 1 aliphatic heterocycles. The number of carbonyl (C=O) groups is 1. The van der Waals surface area contributed by atoms with Gasteiger partial charge in [-0.05, 0) is 43.6 Å². The molecule has 0 spiro atoms. The van der Waals surface area contributed by atoms with E-state index in [1.165, 1.54) is 24.3 Å². The van der Waals surface area contributed by atoms with Crippen molar-refractivity contribution in [3.8, 4) is 5.75 Å². The highest BCUT2D eigenvalue weighted by molar-refractivity contribution is 7.09. The molecule has 0 radical (unpaired) electrons. The van der Waals surface area contributed by atoms with Crippen LogP contribution in [0.15, 0.2) is 39.1 Å². The number of hydrogen-bond acceptors (Lipinski definition) is 5. The van der Waals surface area contributed by atoms with Gasteiger partial charge in [0.15, 0.2) is 5.76 Å². The molecule has 1 atom stereocenters. The molecule has 1 fully saturated rings. The first kappa shape index (κ1) is 16.8. The van der Waals surface area contributed by atoms with Crippen molar-refractivity contribution in [2.75, 3.05) is 13.7 Å². The van der Waals surface area contributed by atoms with Crippen LogP contribution < -0.4 is 10.2 Å². The summed E-state index contributed by atoms with van der Waals surface area (Å²) >= 11 is 1.75. The first-order chi connectivity index (χ1) is 11.7. The van der Waals surface area contributed by atoms with Crippen LogP contribution in [0, 0.1) is 0 Å². The van der Waals surface area contributed by atoms with E-state index in [0.717, 1.165) is 32.1 Å². The smallest absolute Gasteiger partial charge is 0.289 e. The molecule has 128 valence electrons. The van der Waals surface area contributed by atoms with E-state index in [1.54, 1.807) is 11.3 Å². The maximum Gasteiger partial charge on any atom is 0.289 e. The number of thiophene rings is 1. The van der Waals surface area contributed by atoms with E-state index in [-0.39, 0.29) is 28.9 Å². The molecule has 2 aromatic heterocycles. The lowest BCUT2D eigenvalue weighted by molar-refractivity contribution is 0.0566. The fraction of sp³-hybridized carbons (Fsp3) is 0.444. The summed E-state index contributed by atoms with van der Waals surface area (Å²) in [5.41, 5.74) is -0.334. The number of carbonyl (C=O) groups excluding carboxylic acids is 1. The van der Waals surface area contributed by atoms with Crippen LogP contribution in [0.3, 0.4) is 0 Å². The molecule has 1 aliphatic rings. The maximum absolute atomic E-state index is 12.8. The fourth-order valence-corrected chi connectivity index (χ4v) is 3.86. The van der Waals surface area contributed by atoms with Crippen LogP contribution >= 0.6 is 11.3 Å². The van der Waals surface area contributed by atoms with Crippen molar-refractivity contribution in [1.29, 1.82) is 0 Å². The SMILES string of the molecule is COc1coc(C(=O)N2CCCCC2CCc2cccs2)cc1=O. The number of aryl methyl sites for hydroxylation is 1. The van der Waals surface area contributed by atoms with Gasteiger partial charge in [0.1, 0.15) is 6.26 Å².